The molecule has 0 amide bonds. The van der Waals surface area contributed by atoms with E-state index in [4.69, 9.17) is 27.9 Å². The summed E-state index contributed by atoms with van der Waals surface area (Å²) < 4.78 is 35.2. The van der Waals surface area contributed by atoms with Crippen molar-refractivity contribution < 1.29 is 13.5 Å². The van der Waals surface area contributed by atoms with E-state index in [-0.39, 0.29) is 22.2 Å². The van der Waals surface area contributed by atoms with Gasteiger partial charge in [0.25, 0.3) is 0 Å². The summed E-state index contributed by atoms with van der Waals surface area (Å²) in [6.45, 7) is 0. The van der Waals surface area contributed by atoms with Gasteiger partial charge in [-0.15, -0.1) is 0 Å². The van der Waals surface area contributed by atoms with E-state index in [1.807, 2.05) is 0 Å². The third-order valence-corrected chi connectivity index (χ3v) is 3.87. The Kier molecular flexibility index (Phi) is 4.24. The van der Waals surface area contributed by atoms with Crippen molar-refractivity contribution in [3.8, 4) is 22.7 Å². The molecule has 0 aliphatic heterocycles. The first-order valence-corrected chi connectivity index (χ1v) is 7.29. The Bertz CT molecular complexity index is 863. The first-order chi connectivity index (χ1) is 11.0. The molecule has 1 heterocycles. The maximum atomic E-state index is 14.6. The summed E-state index contributed by atoms with van der Waals surface area (Å²) in [5, 5.41) is 0.520. The average molecular weight is 355 g/mol. The fraction of sp³-hybridized carbons (Fsp3) is 0.0625. The van der Waals surface area contributed by atoms with Crippen molar-refractivity contribution in [2.45, 2.75) is 0 Å². The molecule has 0 aliphatic rings. The molecular formula is C16H10Cl2F2N2O. The first kappa shape index (κ1) is 15.8. The molecule has 118 valence electrons. The monoisotopic (exact) mass is 354 g/mol. The molecule has 3 nitrogen and oxygen atoms in total. The van der Waals surface area contributed by atoms with Crippen LogP contribution in [0.1, 0.15) is 0 Å². The lowest BCUT2D eigenvalue weighted by Gasteiger charge is -2.12. The maximum absolute atomic E-state index is 14.6. The third kappa shape index (κ3) is 2.78. The van der Waals surface area contributed by atoms with Gasteiger partial charge in [0.05, 0.1) is 18.4 Å². The highest BCUT2D eigenvalue weighted by atomic mass is 35.5. The van der Waals surface area contributed by atoms with Crippen molar-refractivity contribution in [3.05, 3.63) is 64.5 Å². The first-order valence-electron chi connectivity index (χ1n) is 6.54. The molecule has 7 heteroatoms. The van der Waals surface area contributed by atoms with E-state index in [2.05, 4.69) is 4.98 Å². The number of rotatable bonds is 3. The van der Waals surface area contributed by atoms with Gasteiger partial charge in [0.15, 0.2) is 16.7 Å². The second-order valence-corrected chi connectivity index (χ2v) is 5.46. The highest BCUT2D eigenvalue weighted by Gasteiger charge is 2.23. The van der Waals surface area contributed by atoms with Gasteiger partial charge in [0.2, 0.25) is 0 Å². The molecule has 0 fully saturated rings. The van der Waals surface area contributed by atoms with E-state index < -0.39 is 11.6 Å². The number of aromatic nitrogens is 2. The molecule has 1 aromatic heterocycles. The van der Waals surface area contributed by atoms with E-state index in [1.165, 1.54) is 24.1 Å². The summed E-state index contributed by atoms with van der Waals surface area (Å²) in [5.74, 6) is -1.69. The maximum Gasteiger partial charge on any atom is 0.177 e. The summed E-state index contributed by atoms with van der Waals surface area (Å²) in [5.41, 5.74) is 0.412. The van der Waals surface area contributed by atoms with Crippen LogP contribution in [0.2, 0.25) is 10.2 Å². The zero-order valence-corrected chi connectivity index (χ0v) is 13.4. The van der Waals surface area contributed by atoms with E-state index in [1.54, 1.807) is 24.3 Å². The normalized spacial score (nSPS) is 10.8. The van der Waals surface area contributed by atoms with Gasteiger partial charge < -0.3 is 4.74 Å². The van der Waals surface area contributed by atoms with Crippen LogP contribution in [-0.2, 0) is 0 Å². The molecule has 0 bridgehead atoms. The molecule has 0 N–H and O–H groups in total. The number of ether oxygens (including phenoxy) is 1. The molecule has 0 radical (unpaired) electrons. The van der Waals surface area contributed by atoms with Gasteiger partial charge in [-0.05, 0) is 36.4 Å². The summed E-state index contributed by atoms with van der Waals surface area (Å²) in [6, 6.07) is 9.04. The quantitative estimate of drug-likeness (QED) is 0.651. The van der Waals surface area contributed by atoms with Crippen LogP contribution < -0.4 is 4.74 Å². The third-order valence-electron chi connectivity index (χ3n) is 3.34. The second-order valence-electron chi connectivity index (χ2n) is 4.67. The largest absolute Gasteiger partial charge is 0.494 e. The van der Waals surface area contributed by atoms with Crippen LogP contribution in [0.5, 0.6) is 5.75 Å². The minimum atomic E-state index is -0.842. The van der Waals surface area contributed by atoms with E-state index in [9.17, 15) is 8.78 Å². The Hall–Kier alpha value is -2.11. The minimum absolute atomic E-state index is 0.0222. The number of imidazole rings is 1. The average Bonchev–Trinajstić information content (AvgIpc) is 2.90. The Balaban J connectivity index is 2.26. The fourth-order valence-electron chi connectivity index (χ4n) is 2.26. The van der Waals surface area contributed by atoms with Gasteiger partial charge in [-0.25, -0.2) is 13.8 Å². The summed E-state index contributed by atoms with van der Waals surface area (Å²) in [4.78, 5) is 3.95. The lowest BCUT2D eigenvalue weighted by atomic mass is 10.1. The number of hydrogen-bond donors (Lipinski definition) is 0. The fourth-order valence-corrected chi connectivity index (χ4v) is 2.61. The van der Waals surface area contributed by atoms with E-state index >= 15 is 0 Å². The molecule has 0 atom stereocenters. The van der Waals surface area contributed by atoms with Crippen molar-refractivity contribution in [1.29, 1.82) is 0 Å². The van der Waals surface area contributed by atoms with Gasteiger partial charge in [0.1, 0.15) is 12.1 Å². The molecule has 3 aromatic rings. The molecular weight excluding hydrogens is 345 g/mol. The predicted octanol–water partition coefficient (Wildman–Crippen LogP) is 5.13. The lowest BCUT2D eigenvalue weighted by molar-refractivity contribution is 0.385. The zero-order valence-electron chi connectivity index (χ0n) is 11.9. The number of halogens is 4. The van der Waals surface area contributed by atoms with Crippen LogP contribution in [0.15, 0.2) is 42.7 Å². The van der Waals surface area contributed by atoms with Gasteiger partial charge in [-0.2, -0.15) is 0 Å². The Morgan fingerprint density at radius 1 is 1.04 bits per heavy atom. The smallest absolute Gasteiger partial charge is 0.177 e. The number of benzene rings is 2. The summed E-state index contributed by atoms with van der Waals surface area (Å²) in [7, 11) is 1.30. The minimum Gasteiger partial charge on any atom is -0.494 e. The topological polar surface area (TPSA) is 27.1 Å². The molecule has 0 saturated carbocycles. The number of hydrogen-bond acceptors (Lipinski definition) is 2. The van der Waals surface area contributed by atoms with Crippen LogP contribution in [-0.4, -0.2) is 16.7 Å². The molecule has 3 rings (SSSR count). The van der Waals surface area contributed by atoms with Crippen molar-refractivity contribution >= 4 is 23.2 Å². The number of methoxy groups -OCH3 is 1. The highest BCUT2D eigenvalue weighted by molar-refractivity contribution is 6.32. The van der Waals surface area contributed by atoms with Crippen molar-refractivity contribution in [2.75, 3.05) is 7.11 Å². The second kappa shape index (κ2) is 6.18. The molecule has 2 aromatic carbocycles. The molecule has 0 aliphatic carbocycles. The Labute approximate surface area is 141 Å². The highest BCUT2D eigenvalue weighted by Crippen LogP contribution is 2.36. The Morgan fingerprint density at radius 3 is 2.39 bits per heavy atom. The van der Waals surface area contributed by atoms with E-state index in [0.717, 1.165) is 6.07 Å². The van der Waals surface area contributed by atoms with Gasteiger partial charge in [0, 0.05) is 10.7 Å². The van der Waals surface area contributed by atoms with Crippen LogP contribution in [0.25, 0.3) is 16.9 Å². The summed E-state index contributed by atoms with van der Waals surface area (Å²) >= 11 is 11.9. The van der Waals surface area contributed by atoms with Crippen LogP contribution in [0.3, 0.4) is 0 Å². The summed E-state index contributed by atoms with van der Waals surface area (Å²) in [6.07, 6.45) is 1.39. The molecule has 0 unspecified atom stereocenters. The van der Waals surface area contributed by atoms with Gasteiger partial charge in [-0.3, -0.25) is 4.57 Å². The van der Waals surface area contributed by atoms with Gasteiger partial charge >= 0.3 is 0 Å². The molecule has 23 heavy (non-hydrogen) atoms. The molecule has 0 spiro atoms. The van der Waals surface area contributed by atoms with Crippen molar-refractivity contribution in [3.63, 3.8) is 0 Å². The van der Waals surface area contributed by atoms with Crippen molar-refractivity contribution in [2.24, 2.45) is 0 Å². The van der Waals surface area contributed by atoms with Gasteiger partial charge in [-0.1, -0.05) is 23.2 Å². The van der Waals surface area contributed by atoms with Crippen LogP contribution in [0.4, 0.5) is 8.78 Å². The van der Waals surface area contributed by atoms with Crippen LogP contribution >= 0.6 is 23.2 Å². The standard InChI is InChI=1S/C16H10Cl2F2N2O/c1-23-12-7-6-11(19)13(14(12)20)15-16(18)21-8-22(15)10-4-2-9(17)3-5-10/h2-8H,1H3. The number of nitrogens with zero attached hydrogens (tertiary/aromatic N) is 2. The van der Waals surface area contributed by atoms with Crippen molar-refractivity contribution in [1.82, 2.24) is 9.55 Å². The van der Waals surface area contributed by atoms with Crippen LogP contribution in [0, 0.1) is 11.6 Å². The zero-order chi connectivity index (χ0) is 16.6. The molecule has 0 saturated heterocycles. The van der Waals surface area contributed by atoms with E-state index in [0.29, 0.717) is 10.7 Å². The SMILES string of the molecule is COc1ccc(F)c(-c2c(Cl)ncn2-c2ccc(Cl)cc2)c1F. The predicted molar refractivity (Wildman–Crippen MR) is 85.5 cm³/mol. The lowest BCUT2D eigenvalue weighted by Crippen LogP contribution is -2.01. The Morgan fingerprint density at radius 2 is 1.74 bits per heavy atom.